The predicted octanol–water partition coefficient (Wildman–Crippen LogP) is 2.93. The molecule has 0 fully saturated rings. The van der Waals surface area contributed by atoms with Gasteiger partial charge in [-0.25, -0.2) is 0 Å². The van der Waals surface area contributed by atoms with Gasteiger partial charge in [0, 0.05) is 29.8 Å². The summed E-state index contributed by atoms with van der Waals surface area (Å²) in [6.07, 6.45) is 2.71. The predicted molar refractivity (Wildman–Crippen MR) is 63.6 cm³/mol. The molecule has 16 heavy (non-hydrogen) atoms. The van der Waals surface area contributed by atoms with Gasteiger partial charge in [0.2, 0.25) is 0 Å². The third kappa shape index (κ3) is 1.32. The van der Waals surface area contributed by atoms with Crippen molar-refractivity contribution in [3.05, 3.63) is 35.2 Å². The van der Waals surface area contributed by atoms with Gasteiger partial charge in [-0.2, -0.15) is 0 Å². The van der Waals surface area contributed by atoms with Gasteiger partial charge in [-0.1, -0.05) is 11.2 Å². The first-order valence-corrected chi connectivity index (χ1v) is 5.55. The monoisotopic (exact) mass is 214 g/mol. The molecule has 82 valence electrons. The quantitative estimate of drug-likeness (QED) is 0.732. The fourth-order valence-corrected chi connectivity index (χ4v) is 2.42. The van der Waals surface area contributed by atoms with Crippen LogP contribution >= 0.6 is 0 Å². The maximum absolute atomic E-state index is 5.29. The minimum atomic E-state index is 0.891. The third-order valence-corrected chi connectivity index (χ3v) is 3.06. The van der Waals surface area contributed by atoms with Crippen molar-refractivity contribution in [3.63, 3.8) is 0 Å². The van der Waals surface area contributed by atoms with Crippen LogP contribution in [-0.4, -0.2) is 11.7 Å². The van der Waals surface area contributed by atoms with Crippen LogP contribution in [0.2, 0.25) is 0 Å². The Hall–Kier alpha value is -1.77. The molecule has 1 aliphatic rings. The highest BCUT2D eigenvalue weighted by molar-refractivity contribution is 5.83. The van der Waals surface area contributed by atoms with Crippen molar-refractivity contribution >= 4 is 5.69 Å². The van der Waals surface area contributed by atoms with Crippen LogP contribution in [0.15, 0.2) is 22.9 Å². The number of aromatic nitrogens is 1. The summed E-state index contributed by atoms with van der Waals surface area (Å²) in [5.41, 5.74) is 6.12. The molecule has 0 atom stereocenters. The standard InChI is InChI=1S/C13H14N2O/c1-8-5-9(2)13-10-7-15-16-12(10)3-4-14-11(13)6-8/h5-7,14H,3-4H2,1-2H3. The number of hydrogen-bond donors (Lipinski definition) is 1. The zero-order valence-corrected chi connectivity index (χ0v) is 9.50. The molecular weight excluding hydrogens is 200 g/mol. The molecule has 1 N–H and O–H groups in total. The molecule has 0 saturated heterocycles. The van der Waals surface area contributed by atoms with Gasteiger partial charge in [0.05, 0.1) is 6.20 Å². The molecule has 0 saturated carbocycles. The lowest BCUT2D eigenvalue weighted by molar-refractivity contribution is 0.386. The molecule has 1 aromatic heterocycles. The summed E-state index contributed by atoms with van der Waals surface area (Å²) < 4.78 is 5.29. The van der Waals surface area contributed by atoms with Crippen LogP contribution in [0.1, 0.15) is 16.9 Å². The Kier molecular flexibility index (Phi) is 1.99. The lowest BCUT2D eigenvalue weighted by Crippen LogP contribution is -2.02. The van der Waals surface area contributed by atoms with Crippen LogP contribution in [0.25, 0.3) is 11.1 Å². The van der Waals surface area contributed by atoms with Crippen LogP contribution in [-0.2, 0) is 6.42 Å². The maximum Gasteiger partial charge on any atom is 0.146 e. The molecule has 3 nitrogen and oxygen atoms in total. The van der Waals surface area contributed by atoms with E-state index in [9.17, 15) is 0 Å². The number of anilines is 1. The number of nitrogens with one attached hydrogen (secondary N) is 1. The van der Waals surface area contributed by atoms with E-state index in [0.717, 1.165) is 24.3 Å². The molecule has 0 amide bonds. The maximum atomic E-state index is 5.29. The lowest BCUT2D eigenvalue weighted by Gasteiger charge is -2.11. The van der Waals surface area contributed by atoms with Gasteiger partial charge in [0.1, 0.15) is 5.76 Å². The number of rotatable bonds is 0. The van der Waals surface area contributed by atoms with Crippen LogP contribution in [0.4, 0.5) is 5.69 Å². The first-order chi connectivity index (χ1) is 7.75. The SMILES string of the molecule is Cc1cc(C)c2c(c1)NCCc1oncc1-2. The number of aryl methyl sites for hydroxylation is 2. The fraction of sp³-hybridized carbons (Fsp3) is 0.308. The van der Waals surface area contributed by atoms with Crippen LogP contribution in [0.3, 0.4) is 0 Å². The highest BCUT2D eigenvalue weighted by Crippen LogP contribution is 2.36. The van der Waals surface area contributed by atoms with E-state index in [-0.39, 0.29) is 0 Å². The van der Waals surface area contributed by atoms with Crippen molar-refractivity contribution in [1.29, 1.82) is 0 Å². The van der Waals surface area contributed by atoms with Crippen molar-refractivity contribution in [1.82, 2.24) is 5.16 Å². The summed E-state index contributed by atoms with van der Waals surface area (Å²) in [7, 11) is 0. The molecule has 1 aliphatic heterocycles. The lowest BCUT2D eigenvalue weighted by atomic mass is 9.97. The van der Waals surface area contributed by atoms with Crippen molar-refractivity contribution < 1.29 is 4.52 Å². The number of nitrogens with zero attached hydrogens (tertiary/aromatic N) is 1. The molecule has 1 aromatic carbocycles. The van der Waals surface area contributed by atoms with Gasteiger partial charge in [0.15, 0.2) is 0 Å². The summed E-state index contributed by atoms with van der Waals surface area (Å²) in [6.45, 7) is 5.15. The molecule has 3 heteroatoms. The van der Waals surface area contributed by atoms with Crippen LogP contribution < -0.4 is 5.32 Å². The topological polar surface area (TPSA) is 38.1 Å². The van der Waals surface area contributed by atoms with Gasteiger partial charge in [-0.05, 0) is 31.0 Å². The highest BCUT2D eigenvalue weighted by Gasteiger charge is 2.19. The third-order valence-electron chi connectivity index (χ3n) is 3.06. The summed E-state index contributed by atoms with van der Waals surface area (Å²) in [5.74, 6) is 0.984. The first kappa shape index (κ1) is 9.46. The number of fused-ring (bicyclic) bond motifs is 3. The van der Waals surface area contributed by atoms with Gasteiger partial charge >= 0.3 is 0 Å². The Labute approximate surface area is 94.5 Å². The largest absolute Gasteiger partial charge is 0.384 e. The summed E-state index contributed by atoms with van der Waals surface area (Å²) in [5, 5.41) is 7.36. The molecule has 0 bridgehead atoms. The van der Waals surface area contributed by atoms with Gasteiger partial charge < -0.3 is 9.84 Å². The van der Waals surface area contributed by atoms with E-state index in [4.69, 9.17) is 4.52 Å². The van der Waals surface area contributed by atoms with E-state index in [2.05, 4.69) is 36.5 Å². The molecule has 2 aromatic rings. The Morgan fingerprint density at radius 1 is 1.31 bits per heavy atom. The fourth-order valence-electron chi connectivity index (χ4n) is 2.42. The molecule has 0 aliphatic carbocycles. The second-order valence-corrected chi connectivity index (χ2v) is 4.34. The molecule has 2 heterocycles. The second-order valence-electron chi connectivity index (χ2n) is 4.34. The summed E-state index contributed by atoms with van der Waals surface area (Å²) >= 11 is 0. The summed E-state index contributed by atoms with van der Waals surface area (Å²) in [4.78, 5) is 0. The highest BCUT2D eigenvalue weighted by atomic mass is 16.5. The second kappa shape index (κ2) is 3.37. The van der Waals surface area contributed by atoms with Crippen molar-refractivity contribution in [2.75, 3.05) is 11.9 Å². The van der Waals surface area contributed by atoms with Gasteiger partial charge in [-0.15, -0.1) is 0 Å². The Bertz CT molecular complexity index is 543. The van der Waals surface area contributed by atoms with Gasteiger partial charge in [0.25, 0.3) is 0 Å². The zero-order chi connectivity index (χ0) is 11.1. The Balaban J connectivity index is 2.31. The number of benzene rings is 1. The minimum absolute atomic E-state index is 0.891. The van der Waals surface area contributed by atoms with Gasteiger partial charge in [-0.3, -0.25) is 0 Å². The van der Waals surface area contributed by atoms with Crippen LogP contribution in [0, 0.1) is 13.8 Å². The van der Waals surface area contributed by atoms with E-state index in [1.165, 1.54) is 22.4 Å². The van der Waals surface area contributed by atoms with Crippen molar-refractivity contribution in [2.45, 2.75) is 20.3 Å². The van der Waals surface area contributed by atoms with E-state index < -0.39 is 0 Å². The molecular formula is C13H14N2O. The van der Waals surface area contributed by atoms with E-state index in [1.54, 1.807) is 0 Å². The number of hydrogen-bond acceptors (Lipinski definition) is 3. The molecule has 0 radical (unpaired) electrons. The Morgan fingerprint density at radius 3 is 3.06 bits per heavy atom. The average Bonchev–Trinajstić information content (AvgIpc) is 2.59. The van der Waals surface area contributed by atoms with E-state index in [1.807, 2.05) is 6.20 Å². The van der Waals surface area contributed by atoms with Crippen LogP contribution in [0.5, 0.6) is 0 Å². The average molecular weight is 214 g/mol. The normalized spacial score (nSPS) is 13.6. The van der Waals surface area contributed by atoms with Crippen molar-refractivity contribution in [2.24, 2.45) is 0 Å². The molecule has 3 rings (SSSR count). The van der Waals surface area contributed by atoms with E-state index in [0.29, 0.717) is 0 Å². The molecule has 0 unspecified atom stereocenters. The zero-order valence-electron chi connectivity index (χ0n) is 9.50. The minimum Gasteiger partial charge on any atom is -0.384 e. The van der Waals surface area contributed by atoms with Crippen molar-refractivity contribution in [3.8, 4) is 11.1 Å². The summed E-state index contributed by atoms with van der Waals surface area (Å²) in [6, 6.07) is 4.38. The first-order valence-electron chi connectivity index (χ1n) is 5.55. The smallest absolute Gasteiger partial charge is 0.146 e. The Morgan fingerprint density at radius 2 is 2.19 bits per heavy atom. The van der Waals surface area contributed by atoms with E-state index >= 15 is 0 Å². The molecule has 0 spiro atoms.